The van der Waals surface area contributed by atoms with Crippen LogP contribution in [0.1, 0.15) is 47.4 Å². The third-order valence-corrected chi connectivity index (χ3v) is 3.41. The van der Waals surface area contributed by atoms with Crippen molar-refractivity contribution in [2.24, 2.45) is 0 Å². The molecule has 26 heavy (non-hydrogen) atoms. The maximum absolute atomic E-state index is 12.4. The second kappa shape index (κ2) is 9.31. The van der Waals surface area contributed by atoms with Crippen LogP contribution in [0.2, 0.25) is 0 Å². The molecule has 0 aliphatic heterocycles. The summed E-state index contributed by atoms with van der Waals surface area (Å²) in [5.41, 5.74) is 1.17. The molecule has 1 aromatic heterocycles. The van der Waals surface area contributed by atoms with Gasteiger partial charge in [0.1, 0.15) is 5.82 Å². The highest BCUT2D eigenvalue weighted by Crippen LogP contribution is 2.14. The molecular formula is C19H21N3O4. The van der Waals surface area contributed by atoms with Crippen molar-refractivity contribution in [2.75, 3.05) is 17.2 Å². The SMILES string of the molecule is CCCCOC(=O)c1cccc(NC(=O)c2ccnc(NC(C)=O)c2)c1. The van der Waals surface area contributed by atoms with Gasteiger partial charge >= 0.3 is 5.97 Å². The predicted octanol–water partition coefficient (Wildman–Crippen LogP) is 3.25. The van der Waals surface area contributed by atoms with Gasteiger partial charge in [-0.05, 0) is 36.8 Å². The van der Waals surface area contributed by atoms with Crippen molar-refractivity contribution >= 4 is 29.3 Å². The smallest absolute Gasteiger partial charge is 0.338 e. The van der Waals surface area contributed by atoms with Crippen molar-refractivity contribution in [3.63, 3.8) is 0 Å². The molecule has 0 spiro atoms. The first-order valence-electron chi connectivity index (χ1n) is 8.31. The summed E-state index contributed by atoms with van der Waals surface area (Å²) >= 11 is 0. The van der Waals surface area contributed by atoms with Gasteiger partial charge in [-0.2, -0.15) is 0 Å². The van der Waals surface area contributed by atoms with E-state index in [9.17, 15) is 14.4 Å². The Hall–Kier alpha value is -3.22. The Morgan fingerprint density at radius 2 is 1.88 bits per heavy atom. The van der Waals surface area contributed by atoms with Gasteiger partial charge in [-0.15, -0.1) is 0 Å². The summed E-state index contributed by atoms with van der Waals surface area (Å²) in [6.45, 7) is 3.74. The van der Waals surface area contributed by atoms with Gasteiger partial charge in [-0.1, -0.05) is 19.4 Å². The van der Waals surface area contributed by atoms with E-state index < -0.39 is 5.97 Å². The number of unbranched alkanes of at least 4 members (excludes halogenated alkanes) is 1. The largest absolute Gasteiger partial charge is 0.462 e. The van der Waals surface area contributed by atoms with Crippen molar-refractivity contribution in [3.05, 3.63) is 53.7 Å². The molecule has 0 bridgehead atoms. The van der Waals surface area contributed by atoms with Gasteiger partial charge in [0.15, 0.2) is 0 Å². The second-order valence-electron chi connectivity index (χ2n) is 5.64. The molecule has 2 N–H and O–H groups in total. The van der Waals surface area contributed by atoms with Crippen LogP contribution in [-0.4, -0.2) is 29.4 Å². The van der Waals surface area contributed by atoms with Gasteiger partial charge in [0, 0.05) is 24.4 Å². The summed E-state index contributed by atoms with van der Waals surface area (Å²) in [5.74, 6) is -0.787. The molecule has 0 radical (unpaired) electrons. The maximum Gasteiger partial charge on any atom is 0.338 e. The van der Waals surface area contributed by atoms with E-state index in [1.807, 2.05) is 6.92 Å². The number of carbonyl (C=O) groups excluding carboxylic acids is 3. The Kier molecular flexibility index (Phi) is 6.84. The number of rotatable bonds is 7. The van der Waals surface area contributed by atoms with E-state index >= 15 is 0 Å². The lowest BCUT2D eigenvalue weighted by atomic mass is 10.2. The quantitative estimate of drug-likeness (QED) is 0.587. The molecule has 2 amide bonds. The fourth-order valence-electron chi connectivity index (χ4n) is 2.14. The van der Waals surface area contributed by atoms with Crippen LogP contribution >= 0.6 is 0 Å². The molecule has 0 unspecified atom stereocenters. The van der Waals surface area contributed by atoms with Gasteiger partial charge in [-0.3, -0.25) is 9.59 Å². The Bertz CT molecular complexity index is 805. The summed E-state index contributed by atoms with van der Waals surface area (Å²) in [6, 6.07) is 9.54. The zero-order valence-corrected chi connectivity index (χ0v) is 14.7. The van der Waals surface area contributed by atoms with Crippen molar-refractivity contribution < 1.29 is 19.1 Å². The highest BCUT2D eigenvalue weighted by atomic mass is 16.5. The van der Waals surface area contributed by atoms with Crippen LogP contribution in [0, 0.1) is 0 Å². The number of ether oxygens (including phenoxy) is 1. The third kappa shape index (κ3) is 5.70. The van der Waals surface area contributed by atoms with E-state index in [2.05, 4.69) is 15.6 Å². The number of pyridine rings is 1. The number of amides is 2. The lowest BCUT2D eigenvalue weighted by Gasteiger charge is -2.09. The summed E-state index contributed by atoms with van der Waals surface area (Å²) in [5, 5.41) is 5.24. The van der Waals surface area contributed by atoms with E-state index in [0.717, 1.165) is 12.8 Å². The summed E-state index contributed by atoms with van der Waals surface area (Å²) in [6.07, 6.45) is 3.18. The fourth-order valence-corrected chi connectivity index (χ4v) is 2.14. The topological polar surface area (TPSA) is 97.4 Å². The highest BCUT2D eigenvalue weighted by Gasteiger charge is 2.11. The van der Waals surface area contributed by atoms with E-state index in [1.165, 1.54) is 25.3 Å². The van der Waals surface area contributed by atoms with Crippen LogP contribution in [0.15, 0.2) is 42.6 Å². The number of nitrogens with zero attached hydrogens (tertiary/aromatic N) is 1. The van der Waals surface area contributed by atoms with Gasteiger partial charge in [0.05, 0.1) is 12.2 Å². The van der Waals surface area contributed by atoms with E-state index in [0.29, 0.717) is 29.2 Å². The monoisotopic (exact) mass is 355 g/mol. The summed E-state index contributed by atoms with van der Waals surface area (Å²) in [4.78, 5) is 39.4. The van der Waals surface area contributed by atoms with Crippen LogP contribution in [-0.2, 0) is 9.53 Å². The first-order valence-corrected chi connectivity index (χ1v) is 8.31. The van der Waals surface area contributed by atoms with Crippen molar-refractivity contribution in [1.82, 2.24) is 4.98 Å². The number of aromatic nitrogens is 1. The second-order valence-corrected chi connectivity index (χ2v) is 5.64. The molecule has 1 heterocycles. The van der Waals surface area contributed by atoms with Crippen LogP contribution in [0.4, 0.5) is 11.5 Å². The van der Waals surface area contributed by atoms with Crippen molar-refractivity contribution in [2.45, 2.75) is 26.7 Å². The molecule has 0 atom stereocenters. The normalized spacial score (nSPS) is 10.1. The fraction of sp³-hybridized carbons (Fsp3) is 0.263. The first-order chi connectivity index (χ1) is 12.5. The van der Waals surface area contributed by atoms with Gasteiger partial charge in [0.25, 0.3) is 5.91 Å². The molecule has 136 valence electrons. The molecule has 0 saturated heterocycles. The van der Waals surface area contributed by atoms with E-state index in [1.54, 1.807) is 24.3 Å². The lowest BCUT2D eigenvalue weighted by molar-refractivity contribution is -0.114. The van der Waals surface area contributed by atoms with E-state index in [-0.39, 0.29) is 11.8 Å². The summed E-state index contributed by atoms with van der Waals surface area (Å²) in [7, 11) is 0. The average Bonchev–Trinajstić information content (AvgIpc) is 2.61. The average molecular weight is 355 g/mol. The number of esters is 1. The number of benzene rings is 1. The molecule has 2 rings (SSSR count). The maximum atomic E-state index is 12.4. The van der Waals surface area contributed by atoms with Crippen LogP contribution in [0.25, 0.3) is 0 Å². The van der Waals surface area contributed by atoms with Gasteiger partial charge < -0.3 is 15.4 Å². The van der Waals surface area contributed by atoms with Gasteiger partial charge in [0.2, 0.25) is 5.91 Å². The Morgan fingerprint density at radius 3 is 2.62 bits per heavy atom. The molecular weight excluding hydrogens is 334 g/mol. The lowest BCUT2D eigenvalue weighted by Crippen LogP contribution is -2.14. The zero-order chi connectivity index (χ0) is 18.9. The minimum Gasteiger partial charge on any atom is -0.462 e. The zero-order valence-electron chi connectivity index (χ0n) is 14.7. The number of hydrogen-bond acceptors (Lipinski definition) is 5. The van der Waals surface area contributed by atoms with E-state index in [4.69, 9.17) is 4.74 Å². The number of hydrogen-bond donors (Lipinski definition) is 2. The highest BCUT2D eigenvalue weighted by molar-refractivity contribution is 6.05. The molecule has 1 aromatic carbocycles. The van der Waals surface area contributed by atoms with Crippen LogP contribution < -0.4 is 10.6 Å². The Morgan fingerprint density at radius 1 is 1.08 bits per heavy atom. The van der Waals surface area contributed by atoms with Crippen LogP contribution in [0.3, 0.4) is 0 Å². The molecule has 0 saturated carbocycles. The number of anilines is 2. The first kappa shape index (κ1) is 19.1. The van der Waals surface area contributed by atoms with Crippen molar-refractivity contribution in [1.29, 1.82) is 0 Å². The minimum absolute atomic E-state index is 0.274. The molecule has 2 aromatic rings. The summed E-state index contributed by atoms with van der Waals surface area (Å²) < 4.78 is 5.17. The third-order valence-electron chi connectivity index (χ3n) is 3.41. The van der Waals surface area contributed by atoms with Crippen molar-refractivity contribution in [3.8, 4) is 0 Å². The number of nitrogens with one attached hydrogen (secondary N) is 2. The minimum atomic E-state index is -0.425. The van der Waals surface area contributed by atoms with Gasteiger partial charge in [-0.25, -0.2) is 9.78 Å². The number of carbonyl (C=O) groups is 3. The standard InChI is InChI=1S/C19H21N3O4/c1-3-4-10-26-19(25)15-6-5-7-16(11-15)22-18(24)14-8-9-20-17(12-14)21-13(2)23/h5-9,11-12H,3-4,10H2,1-2H3,(H,22,24)(H,20,21,23). The molecule has 0 fully saturated rings. The van der Waals surface area contributed by atoms with Crippen LogP contribution in [0.5, 0.6) is 0 Å². The molecule has 7 heteroatoms. The molecule has 7 nitrogen and oxygen atoms in total. The molecule has 0 aliphatic carbocycles. The molecule has 0 aliphatic rings. The predicted molar refractivity (Wildman–Crippen MR) is 98.1 cm³/mol. The Labute approximate surface area is 151 Å². The Balaban J connectivity index is 2.06.